The van der Waals surface area contributed by atoms with E-state index >= 15 is 0 Å². The van der Waals surface area contributed by atoms with Crippen LogP contribution in [0.3, 0.4) is 0 Å². The summed E-state index contributed by atoms with van der Waals surface area (Å²) in [6.07, 6.45) is 3.24. The molecule has 0 heterocycles. The minimum Gasteiger partial charge on any atom is -0.0884 e. The second-order valence-electron chi connectivity index (χ2n) is 2.80. The van der Waals surface area contributed by atoms with Crippen molar-refractivity contribution in [3.05, 3.63) is 47.5 Å². The van der Waals surface area contributed by atoms with Crippen molar-refractivity contribution in [3.8, 4) is 0 Å². The third-order valence-corrected chi connectivity index (χ3v) is 1.82. The van der Waals surface area contributed by atoms with Gasteiger partial charge in [-0.05, 0) is 25.8 Å². The number of hydrogen-bond acceptors (Lipinski definition) is 0. The minimum atomic E-state index is 1.08. The highest BCUT2D eigenvalue weighted by atomic mass is 14.0. The Morgan fingerprint density at radius 3 is 2.45 bits per heavy atom. The average Bonchev–Trinajstić information content (AvgIpc) is 2.06. The lowest BCUT2D eigenvalue weighted by Gasteiger charge is -1.99. The Balaban J connectivity index is 2.65. The maximum absolute atomic E-state index is 2.16. The number of allylic oxidation sites excluding steroid dienone is 2. The third kappa shape index (κ3) is 2.58. The monoisotopic (exact) mass is 146 g/mol. The van der Waals surface area contributed by atoms with Crippen LogP contribution in [0.4, 0.5) is 0 Å². The third-order valence-electron chi connectivity index (χ3n) is 1.82. The Morgan fingerprint density at radius 1 is 1.27 bits per heavy atom. The van der Waals surface area contributed by atoms with Crippen molar-refractivity contribution in [1.82, 2.24) is 0 Å². The largest absolute Gasteiger partial charge is 0.0884 e. The van der Waals surface area contributed by atoms with Crippen molar-refractivity contribution in [2.75, 3.05) is 0 Å². The first-order valence-electron chi connectivity index (χ1n) is 3.98. The SMILES string of the molecule is CC=C(C)Cc1ccccc1. The van der Waals surface area contributed by atoms with E-state index < -0.39 is 0 Å². The van der Waals surface area contributed by atoms with Gasteiger partial charge in [0, 0.05) is 0 Å². The highest BCUT2D eigenvalue weighted by molar-refractivity contribution is 5.20. The average molecular weight is 146 g/mol. The second-order valence-corrected chi connectivity index (χ2v) is 2.80. The van der Waals surface area contributed by atoms with Gasteiger partial charge in [-0.2, -0.15) is 0 Å². The summed E-state index contributed by atoms with van der Waals surface area (Å²) in [6, 6.07) is 10.5. The Hall–Kier alpha value is -1.04. The van der Waals surface area contributed by atoms with Gasteiger partial charge in [-0.1, -0.05) is 42.0 Å². The Bertz CT molecular complexity index is 231. The normalized spacial score (nSPS) is 11.6. The van der Waals surface area contributed by atoms with Crippen LogP contribution in [0.25, 0.3) is 0 Å². The molecule has 0 saturated heterocycles. The fourth-order valence-electron chi connectivity index (χ4n) is 1.02. The lowest BCUT2D eigenvalue weighted by atomic mass is 10.1. The summed E-state index contributed by atoms with van der Waals surface area (Å²) in [5, 5.41) is 0. The zero-order valence-electron chi connectivity index (χ0n) is 7.17. The molecule has 0 heteroatoms. The molecule has 0 bridgehead atoms. The van der Waals surface area contributed by atoms with E-state index in [2.05, 4.69) is 50.3 Å². The van der Waals surface area contributed by atoms with Gasteiger partial charge in [0.15, 0.2) is 0 Å². The van der Waals surface area contributed by atoms with Crippen LogP contribution in [0.15, 0.2) is 42.0 Å². The van der Waals surface area contributed by atoms with E-state index in [9.17, 15) is 0 Å². The topological polar surface area (TPSA) is 0 Å². The first kappa shape index (κ1) is 8.06. The Labute approximate surface area is 68.6 Å². The standard InChI is InChI=1S/C11H14/c1-3-10(2)9-11-7-5-4-6-8-11/h3-8H,9H2,1-2H3. The van der Waals surface area contributed by atoms with Gasteiger partial charge in [-0.3, -0.25) is 0 Å². The van der Waals surface area contributed by atoms with Gasteiger partial charge in [0.2, 0.25) is 0 Å². The van der Waals surface area contributed by atoms with Crippen LogP contribution in [-0.4, -0.2) is 0 Å². The van der Waals surface area contributed by atoms with Crippen molar-refractivity contribution < 1.29 is 0 Å². The van der Waals surface area contributed by atoms with E-state index in [4.69, 9.17) is 0 Å². The maximum atomic E-state index is 2.16. The van der Waals surface area contributed by atoms with Gasteiger partial charge in [-0.15, -0.1) is 0 Å². The summed E-state index contributed by atoms with van der Waals surface area (Å²) in [6.45, 7) is 4.24. The molecule has 1 aromatic rings. The smallest absolute Gasteiger partial charge is 0.00700 e. The first-order chi connectivity index (χ1) is 5.33. The molecule has 0 aromatic heterocycles. The molecule has 0 spiro atoms. The highest BCUT2D eigenvalue weighted by Crippen LogP contribution is 2.05. The molecule has 0 aliphatic rings. The number of rotatable bonds is 2. The van der Waals surface area contributed by atoms with Crippen LogP contribution in [-0.2, 0) is 6.42 Å². The van der Waals surface area contributed by atoms with E-state index in [1.54, 1.807) is 0 Å². The van der Waals surface area contributed by atoms with Gasteiger partial charge in [0.1, 0.15) is 0 Å². The molecule has 11 heavy (non-hydrogen) atoms. The van der Waals surface area contributed by atoms with Crippen molar-refractivity contribution in [2.45, 2.75) is 20.3 Å². The molecule has 1 aromatic carbocycles. The van der Waals surface area contributed by atoms with Gasteiger partial charge in [0.05, 0.1) is 0 Å². The van der Waals surface area contributed by atoms with Crippen LogP contribution >= 0.6 is 0 Å². The predicted octanol–water partition coefficient (Wildman–Crippen LogP) is 3.20. The molecule has 0 unspecified atom stereocenters. The molecule has 0 nitrogen and oxygen atoms in total. The fraction of sp³-hybridized carbons (Fsp3) is 0.273. The van der Waals surface area contributed by atoms with E-state index in [1.807, 2.05) is 0 Å². The van der Waals surface area contributed by atoms with Gasteiger partial charge in [-0.25, -0.2) is 0 Å². The van der Waals surface area contributed by atoms with Gasteiger partial charge >= 0.3 is 0 Å². The summed E-state index contributed by atoms with van der Waals surface area (Å²) >= 11 is 0. The molecule has 0 fully saturated rings. The van der Waals surface area contributed by atoms with E-state index in [0.29, 0.717) is 0 Å². The summed E-state index contributed by atoms with van der Waals surface area (Å²) in [7, 11) is 0. The van der Waals surface area contributed by atoms with Gasteiger partial charge < -0.3 is 0 Å². The summed E-state index contributed by atoms with van der Waals surface area (Å²) in [4.78, 5) is 0. The van der Waals surface area contributed by atoms with Crippen LogP contribution in [0.5, 0.6) is 0 Å². The van der Waals surface area contributed by atoms with Crippen molar-refractivity contribution >= 4 is 0 Å². The number of hydrogen-bond donors (Lipinski definition) is 0. The van der Waals surface area contributed by atoms with Gasteiger partial charge in [0.25, 0.3) is 0 Å². The maximum Gasteiger partial charge on any atom is -0.00700 e. The highest BCUT2D eigenvalue weighted by Gasteiger charge is 1.90. The van der Waals surface area contributed by atoms with E-state index in [1.165, 1.54) is 11.1 Å². The van der Waals surface area contributed by atoms with Crippen LogP contribution in [0, 0.1) is 0 Å². The molecule has 58 valence electrons. The molecule has 0 N–H and O–H groups in total. The zero-order valence-corrected chi connectivity index (χ0v) is 7.17. The van der Waals surface area contributed by atoms with E-state index in [0.717, 1.165) is 6.42 Å². The molecule has 0 aliphatic heterocycles. The molecular weight excluding hydrogens is 132 g/mol. The van der Waals surface area contributed by atoms with E-state index in [-0.39, 0.29) is 0 Å². The molecule has 1 rings (SSSR count). The van der Waals surface area contributed by atoms with Crippen molar-refractivity contribution in [1.29, 1.82) is 0 Å². The predicted molar refractivity (Wildman–Crippen MR) is 49.6 cm³/mol. The molecule has 0 saturated carbocycles. The zero-order chi connectivity index (χ0) is 8.10. The Morgan fingerprint density at radius 2 is 1.91 bits per heavy atom. The molecule has 0 atom stereocenters. The lowest BCUT2D eigenvalue weighted by Crippen LogP contribution is -1.84. The summed E-state index contributed by atoms with van der Waals surface area (Å²) in [5.41, 5.74) is 2.82. The molecule has 0 aliphatic carbocycles. The van der Waals surface area contributed by atoms with Crippen LogP contribution in [0.2, 0.25) is 0 Å². The second kappa shape index (κ2) is 3.97. The molecule has 0 amide bonds. The Kier molecular flexibility index (Phi) is 2.91. The van der Waals surface area contributed by atoms with Crippen molar-refractivity contribution in [3.63, 3.8) is 0 Å². The summed E-state index contributed by atoms with van der Waals surface area (Å²) < 4.78 is 0. The van der Waals surface area contributed by atoms with Crippen LogP contribution in [0.1, 0.15) is 19.4 Å². The lowest BCUT2D eigenvalue weighted by molar-refractivity contribution is 1.13. The molecule has 0 radical (unpaired) electrons. The number of benzene rings is 1. The first-order valence-corrected chi connectivity index (χ1v) is 3.98. The minimum absolute atomic E-state index is 1.08. The fourth-order valence-corrected chi connectivity index (χ4v) is 1.02. The van der Waals surface area contributed by atoms with Crippen LogP contribution < -0.4 is 0 Å². The summed E-state index contributed by atoms with van der Waals surface area (Å²) in [5.74, 6) is 0. The van der Waals surface area contributed by atoms with Crippen molar-refractivity contribution in [2.24, 2.45) is 0 Å². The molecular formula is C11H14. The quantitative estimate of drug-likeness (QED) is 0.562.